The molecule has 1 radical (unpaired) electrons. The highest BCUT2D eigenvalue weighted by atomic mass is 16.5. The molecule has 3 heteroatoms. The highest BCUT2D eigenvalue weighted by Gasteiger charge is 1.98. The summed E-state index contributed by atoms with van der Waals surface area (Å²) in [6, 6.07) is 0. The van der Waals surface area contributed by atoms with Crippen molar-refractivity contribution in [1.29, 1.82) is 0 Å². The van der Waals surface area contributed by atoms with Crippen LogP contribution < -0.4 is 5.10 Å². The van der Waals surface area contributed by atoms with E-state index in [2.05, 4.69) is 10.2 Å². The summed E-state index contributed by atoms with van der Waals surface area (Å²) < 4.78 is 4.81. The van der Waals surface area contributed by atoms with Gasteiger partial charge in [-0.25, -0.2) is 0 Å². The smallest absolute Gasteiger partial charge is 0.281 e. The number of hydrogen-bond donors (Lipinski definition) is 0. The molecule has 1 rings (SSSR count). The van der Waals surface area contributed by atoms with E-state index in [0.29, 0.717) is 0 Å². The lowest BCUT2D eigenvalue weighted by molar-refractivity contribution is 0.317. The third kappa shape index (κ3) is 0.932. The number of methoxy groups -OCH3 is 1. The third-order valence-electron chi connectivity index (χ3n) is 0.793. The third-order valence-corrected chi connectivity index (χ3v) is 0.793. The molecule has 0 aromatic rings. The van der Waals surface area contributed by atoms with Crippen LogP contribution in [0.1, 0.15) is 0 Å². The Bertz CT molecular complexity index is 158. The predicted molar refractivity (Wildman–Crippen MR) is 31.8 cm³/mol. The fourth-order valence-electron chi connectivity index (χ4n) is 0.399. The van der Waals surface area contributed by atoms with E-state index >= 15 is 0 Å². The largest absolute Gasteiger partial charge is 0.495 e. The molecule has 0 aliphatic carbocycles. The maximum atomic E-state index is 4.81. The van der Waals surface area contributed by atoms with Gasteiger partial charge in [0.05, 0.1) is 18.3 Å². The average molecular weight is 110 g/mol. The lowest BCUT2D eigenvalue weighted by atomic mass is 10.5. The highest BCUT2D eigenvalue weighted by Crippen LogP contribution is 1.89. The molecular weight excluding hydrogens is 104 g/mol. The van der Waals surface area contributed by atoms with E-state index in [9.17, 15) is 0 Å². The second kappa shape index (κ2) is 2.26. The van der Waals surface area contributed by atoms with Gasteiger partial charge in [0.15, 0.2) is 0 Å². The van der Waals surface area contributed by atoms with Gasteiger partial charge in [-0.1, -0.05) is 0 Å². The highest BCUT2D eigenvalue weighted by molar-refractivity contribution is 5.86. The molecule has 1 heterocycles. The second-order valence-corrected chi connectivity index (χ2v) is 1.28. The van der Waals surface area contributed by atoms with Crippen LogP contribution >= 0.6 is 0 Å². The van der Waals surface area contributed by atoms with Crippen LogP contribution in [0.4, 0.5) is 0 Å². The van der Waals surface area contributed by atoms with Crippen molar-refractivity contribution in [1.82, 2.24) is 5.10 Å². The zero-order valence-electron chi connectivity index (χ0n) is 4.53. The minimum absolute atomic E-state index is 0.736. The van der Waals surface area contributed by atoms with Gasteiger partial charge in [0.25, 0.3) is 6.21 Å². The molecule has 0 N–H and O–H groups in total. The van der Waals surface area contributed by atoms with Gasteiger partial charge in [0.2, 0.25) is 5.10 Å². The first-order valence-corrected chi connectivity index (χ1v) is 2.24. The number of nitrogens with zero attached hydrogens (tertiary/aromatic N) is 2. The SMILES string of the molecule is COC1=CC=[N+]N=C1. The van der Waals surface area contributed by atoms with E-state index in [0.717, 1.165) is 5.76 Å². The van der Waals surface area contributed by atoms with E-state index in [1.165, 1.54) is 0 Å². The molecule has 41 valence electrons. The maximum Gasteiger partial charge on any atom is 0.281 e. The fraction of sp³-hybridized carbons (Fsp3) is 0.200. The maximum absolute atomic E-state index is 4.81. The van der Waals surface area contributed by atoms with Gasteiger partial charge in [-0.3, -0.25) is 0 Å². The van der Waals surface area contributed by atoms with Crippen molar-refractivity contribution in [2.75, 3.05) is 7.11 Å². The molecule has 0 fully saturated rings. The minimum atomic E-state index is 0.736. The quantitative estimate of drug-likeness (QED) is 0.465. The average Bonchev–Trinajstić information content (AvgIpc) is 1.90. The van der Waals surface area contributed by atoms with Gasteiger partial charge in [0.1, 0.15) is 12.0 Å². The van der Waals surface area contributed by atoms with E-state index in [4.69, 9.17) is 4.74 Å². The summed E-state index contributed by atoms with van der Waals surface area (Å²) in [4.78, 5) is 0. The monoisotopic (exact) mass is 110 g/mol. The molecule has 0 saturated carbocycles. The lowest BCUT2D eigenvalue weighted by Crippen LogP contribution is -1.96. The zero-order chi connectivity index (χ0) is 5.82. The van der Waals surface area contributed by atoms with E-state index in [1.807, 2.05) is 0 Å². The first-order chi connectivity index (χ1) is 3.93. The molecule has 0 atom stereocenters. The summed E-state index contributed by atoms with van der Waals surface area (Å²) in [5.74, 6) is 0.736. The van der Waals surface area contributed by atoms with Crippen LogP contribution in [0.5, 0.6) is 0 Å². The molecule has 0 aromatic heterocycles. The second-order valence-electron chi connectivity index (χ2n) is 1.28. The van der Waals surface area contributed by atoms with Crippen LogP contribution in [0, 0.1) is 0 Å². The Morgan fingerprint density at radius 3 is 3.00 bits per heavy atom. The molecule has 1 aliphatic heterocycles. The summed E-state index contributed by atoms with van der Waals surface area (Å²) >= 11 is 0. The lowest BCUT2D eigenvalue weighted by Gasteiger charge is -1.92. The predicted octanol–water partition coefficient (Wildman–Crippen LogP) is -0.0773. The summed E-state index contributed by atoms with van der Waals surface area (Å²) in [7, 11) is 1.59. The molecule has 0 saturated heterocycles. The van der Waals surface area contributed by atoms with Crippen LogP contribution in [-0.2, 0) is 4.74 Å². The van der Waals surface area contributed by atoms with Crippen LogP contribution in [0.15, 0.2) is 16.9 Å². The van der Waals surface area contributed by atoms with Gasteiger partial charge in [-0.05, 0) is 0 Å². The summed E-state index contributed by atoms with van der Waals surface area (Å²) in [6.45, 7) is 0. The summed E-state index contributed by atoms with van der Waals surface area (Å²) in [5, 5.41) is 7.14. The minimum Gasteiger partial charge on any atom is -0.495 e. The molecule has 0 amide bonds. The van der Waals surface area contributed by atoms with Crippen molar-refractivity contribution in [3.63, 3.8) is 0 Å². The molecular formula is C5H6N2O+. The first-order valence-electron chi connectivity index (χ1n) is 2.24. The van der Waals surface area contributed by atoms with Gasteiger partial charge < -0.3 is 4.74 Å². The van der Waals surface area contributed by atoms with Crippen LogP contribution in [-0.4, -0.2) is 19.5 Å². The first kappa shape index (κ1) is 5.03. The standard InChI is InChI=1S/C5H6N2O/c1-8-5-2-3-6-7-4-5/h2-4H,1H3/q+1. The zero-order valence-corrected chi connectivity index (χ0v) is 4.53. The normalized spacial score (nSPS) is 15.9. The van der Waals surface area contributed by atoms with Gasteiger partial charge in [-0.15, -0.1) is 0 Å². The van der Waals surface area contributed by atoms with Gasteiger partial charge in [-0.2, -0.15) is 0 Å². The van der Waals surface area contributed by atoms with E-state index in [-0.39, 0.29) is 0 Å². The molecule has 0 aromatic carbocycles. The summed E-state index contributed by atoms with van der Waals surface area (Å²) in [6.07, 6.45) is 4.88. The van der Waals surface area contributed by atoms with Crippen molar-refractivity contribution in [2.24, 2.45) is 5.10 Å². The Kier molecular flexibility index (Phi) is 1.42. The Balaban J connectivity index is 2.68. The van der Waals surface area contributed by atoms with Crippen LogP contribution in [0.25, 0.3) is 0 Å². The summed E-state index contributed by atoms with van der Waals surface area (Å²) in [5.41, 5.74) is 0. The Morgan fingerprint density at radius 1 is 1.75 bits per heavy atom. The molecule has 0 unspecified atom stereocenters. The van der Waals surface area contributed by atoms with Crippen molar-refractivity contribution < 1.29 is 4.74 Å². The Morgan fingerprint density at radius 2 is 2.62 bits per heavy atom. The molecule has 1 aliphatic rings. The van der Waals surface area contributed by atoms with Crippen LogP contribution in [0.2, 0.25) is 0 Å². The topological polar surface area (TPSA) is 35.7 Å². The number of ether oxygens (including phenoxy) is 1. The van der Waals surface area contributed by atoms with Gasteiger partial charge in [0, 0.05) is 0 Å². The van der Waals surface area contributed by atoms with Crippen LogP contribution in [0.3, 0.4) is 0 Å². The number of allylic oxidation sites excluding steroid dienone is 2. The fourth-order valence-corrected chi connectivity index (χ4v) is 0.399. The molecule has 0 bridgehead atoms. The van der Waals surface area contributed by atoms with E-state index < -0.39 is 0 Å². The number of hydrogen-bond acceptors (Lipinski definition) is 3. The number of rotatable bonds is 1. The van der Waals surface area contributed by atoms with Crippen molar-refractivity contribution in [2.45, 2.75) is 0 Å². The van der Waals surface area contributed by atoms with Crippen molar-refractivity contribution in [3.8, 4) is 0 Å². The Labute approximate surface area is 47.4 Å². The molecule has 3 nitrogen and oxygen atoms in total. The molecule has 8 heavy (non-hydrogen) atoms. The van der Waals surface area contributed by atoms with Gasteiger partial charge >= 0.3 is 0 Å². The van der Waals surface area contributed by atoms with E-state index in [1.54, 1.807) is 25.6 Å². The molecule has 0 spiro atoms. The Hall–Kier alpha value is -1.12. The van der Waals surface area contributed by atoms with Crippen molar-refractivity contribution >= 4 is 12.4 Å². The van der Waals surface area contributed by atoms with Crippen molar-refractivity contribution in [3.05, 3.63) is 11.8 Å².